The number of aryl methyl sites for hydroxylation is 1. The molecule has 1 aromatic rings. The summed E-state index contributed by atoms with van der Waals surface area (Å²) < 4.78 is 5.07. The molecule has 0 aliphatic carbocycles. The number of benzene rings is 1. The van der Waals surface area contributed by atoms with Crippen LogP contribution in [0.15, 0.2) is 18.2 Å². The number of phenolic OH excluding ortho intramolecular Hbond substituents is 1. The van der Waals surface area contributed by atoms with Gasteiger partial charge in [0.05, 0.1) is 7.11 Å². The van der Waals surface area contributed by atoms with Crippen LogP contribution in [0.4, 0.5) is 0 Å². The first kappa shape index (κ1) is 14.9. The number of methoxy groups -OCH3 is 1. The zero-order valence-electron chi connectivity index (χ0n) is 11.7. The summed E-state index contributed by atoms with van der Waals surface area (Å²) in [7, 11) is 1.62. The van der Waals surface area contributed by atoms with Crippen LogP contribution in [0.5, 0.6) is 11.5 Å². The van der Waals surface area contributed by atoms with Crippen molar-refractivity contribution in [3.8, 4) is 11.5 Å². The van der Waals surface area contributed by atoms with E-state index in [1.807, 2.05) is 12.1 Å². The SMILES string of the molecule is CCCCCCCCCc1ccc(OC)cc1O. The molecule has 0 aliphatic heterocycles. The van der Waals surface area contributed by atoms with Crippen LogP contribution in [0, 0.1) is 0 Å². The van der Waals surface area contributed by atoms with E-state index < -0.39 is 0 Å². The topological polar surface area (TPSA) is 29.5 Å². The number of hydrogen-bond donors (Lipinski definition) is 1. The Bertz CT molecular complexity index is 334. The first-order valence-electron chi connectivity index (χ1n) is 7.13. The molecule has 18 heavy (non-hydrogen) atoms. The van der Waals surface area contributed by atoms with Gasteiger partial charge in [-0.2, -0.15) is 0 Å². The van der Waals surface area contributed by atoms with Crippen LogP contribution in [-0.2, 0) is 6.42 Å². The Morgan fingerprint density at radius 1 is 1.00 bits per heavy atom. The number of rotatable bonds is 9. The van der Waals surface area contributed by atoms with Gasteiger partial charge in [0.1, 0.15) is 11.5 Å². The third-order valence-corrected chi connectivity index (χ3v) is 3.34. The number of phenols is 1. The average molecular weight is 250 g/mol. The van der Waals surface area contributed by atoms with Gasteiger partial charge in [-0.05, 0) is 24.5 Å². The molecule has 0 radical (unpaired) electrons. The van der Waals surface area contributed by atoms with E-state index in [1.54, 1.807) is 13.2 Å². The molecule has 0 saturated carbocycles. The highest BCUT2D eigenvalue weighted by Gasteiger charge is 2.02. The second-order valence-corrected chi connectivity index (χ2v) is 4.87. The molecule has 2 heteroatoms. The van der Waals surface area contributed by atoms with E-state index in [0.29, 0.717) is 5.75 Å². The molecule has 1 aromatic carbocycles. The molecular weight excluding hydrogens is 224 g/mol. The largest absolute Gasteiger partial charge is 0.508 e. The summed E-state index contributed by atoms with van der Waals surface area (Å²) >= 11 is 0. The minimum atomic E-state index is 0.361. The van der Waals surface area contributed by atoms with Crippen LogP contribution < -0.4 is 4.74 Å². The summed E-state index contributed by atoms with van der Waals surface area (Å²) in [5.41, 5.74) is 1.03. The van der Waals surface area contributed by atoms with Crippen molar-refractivity contribution in [2.75, 3.05) is 7.11 Å². The zero-order valence-corrected chi connectivity index (χ0v) is 11.7. The van der Waals surface area contributed by atoms with E-state index in [-0.39, 0.29) is 0 Å². The summed E-state index contributed by atoms with van der Waals surface area (Å²) in [6.07, 6.45) is 10.1. The quantitative estimate of drug-likeness (QED) is 0.644. The molecular formula is C16H26O2. The summed E-state index contributed by atoms with van der Waals surface area (Å²) in [5.74, 6) is 1.08. The maximum atomic E-state index is 9.82. The molecule has 0 amide bonds. The van der Waals surface area contributed by atoms with Gasteiger partial charge in [-0.25, -0.2) is 0 Å². The lowest BCUT2D eigenvalue weighted by Gasteiger charge is -2.06. The molecule has 102 valence electrons. The van der Waals surface area contributed by atoms with Crippen LogP contribution in [0.2, 0.25) is 0 Å². The Balaban J connectivity index is 2.19. The molecule has 0 atom stereocenters. The van der Waals surface area contributed by atoms with Gasteiger partial charge < -0.3 is 9.84 Å². The van der Waals surface area contributed by atoms with E-state index in [2.05, 4.69) is 6.92 Å². The first-order valence-corrected chi connectivity index (χ1v) is 7.13. The van der Waals surface area contributed by atoms with Crippen molar-refractivity contribution in [3.63, 3.8) is 0 Å². The number of ether oxygens (including phenoxy) is 1. The smallest absolute Gasteiger partial charge is 0.122 e. The third kappa shape index (κ3) is 5.44. The predicted octanol–water partition coefficient (Wildman–Crippen LogP) is 4.69. The Kier molecular flexibility index (Phi) is 7.31. The zero-order chi connectivity index (χ0) is 13.2. The molecule has 1 N–H and O–H groups in total. The Morgan fingerprint density at radius 3 is 2.28 bits per heavy atom. The molecule has 0 bridgehead atoms. The highest BCUT2D eigenvalue weighted by molar-refractivity contribution is 5.39. The van der Waals surface area contributed by atoms with Crippen LogP contribution in [0.25, 0.3) is 0 Å². The lowest BCUT2D eigenvalue weighted by molar-refractivity contribution is 0.406. The van der Waals surface area contributed by atoms with Crippen molar-refractivity contribution in [2.45, 2.75) is 58.3 Å². The summed E-state index contributed by atoms with van der Waals surface area (Å²) in [5, 5.41) is 9.82. The van der Waals surface area contributed by atoms with Gasteiger partial charge in [-0.3, -0.25) is 0 Å². The van der Waals surface area contributed by atoms with Gasteiger partial charge in [0, 0.05) is 6.07 Å². The minimum Gasteiger partial charge on any atom is -0.508 e. The second-order valence-electron chi connectivity index (χ2n) is 4.87. The first-order chi connectivity index (χ1) is 8.77. The van der Waals surface area contributed by atoms with Gasteiger partial charge >= 0.3 is 0 Å². The van der Waals surface area contributed by atoms with Gasteiger partial charge in [0.25, 0.3) is 0 Å². The summed E-state index contributed by atoms with van der Waals surface area (Å²) in [6, 6.07) is 5.57. The summed E-state index contributed by atoms with van der Waals surface area (Å²) in [6.45, 7) is 2.24. The lowest BCUT2D eigenvalue weighted by Crippen LogP contribution is -1.89. The van der Waals surface area contributed by atoms with Gasteiger partial charge in [0.2, 0.25) is 0 Å². The molecule has 0 heterocycles. The van der Waals surface area contributed by atoms with Crippen LogP contribution in [0.1, 0.15) is 57.4 Å². The Labute approximate surface area is 111 Å². The fourth-order valence-corrected chi connectivity index (χ4v) is 2.15. The highest BCUT2D eigenvalue weighted by Crippen LogP contribution is 2.25. The fourth-order valence-electron chi connectivity index (χ4n) is 2.15. The second kappa shape index (κ2) is 8.84. The number of aromatic hydroxyl groups is 1. The highest BCUT2D eigenvalue weighted by atomic mass is 16.5. The standard InChI is InChI=1S/C16H26O2/c1-3-4-5-6-7-8-9-10-14-11-12-15(18-2)13-16(14)17/h11-13,17H,3-10H2,1-2H3. The normalized spacial score (nSPS) is 10.6. The fraction of sp³-hybridized carbons (Fsp3) is 0.625. The molecule has 0 aromatic heterocycles. The molecule has 0 fully saturated rings. The van der Waals surface area contributed by atoms with E-state index >= 15 is 0 Å². The van der Waals surface area contributed by atoms with Crippen molar-refractivity contribution in [3.05, 3.63) is 23.8 Å². The van der Waals surface area contributed by atoms with Gasteiger partial charge in [-0.15, -0.1) is 0 Å². The molecule has 2 nitrogen and oxygen atoms in total. The summed E-state index contributed by atoms with van der Waals surface area (Å²) in [4.78, 5) is 0. The van der Waals surface area contributed by atoms with Crippen LogP contribution >= 0.6 is 0 Å². The Morgan fingerprint density at radius 2 is 1.67 bits per heavy atom. The van der Waals surface area contributed by atoms with Crippen molar-refractivity contribution < 1.29 is 9.84 Å². The maximum absolute atomic E-state index is 9.82. The molecule has 0 spiro atoms. The monoisotopic (exact) mass is 250 g/mol. The van der Waals surface area contributed by atoms with Crippen molar-refractivity contribution >= 4 is 0 Å². The third-order valence-electron chi connectivity index (χ3n) is 3.34. The number of hydrogen-bond acceptors (Lipinski definition) is 2. The van der Waals surface area contributed by atoms with Crippen LogP contribution in [-0.4, -0.2) is 12.2 Å². The van der Waals surface area contributed by atoms with E-state index in [9.17, 15) is 5.11 Å². The minimum absolute atomic E-state index is 0.361. The van der Waals surface area contributed by atoms with E-state index in [4.69, 9.17) is 4.74 Å². The molecule has 0 saturated heterocycles. The van der Waals surface area contributed by atoms with E-state index in [1.165, 1.54) is 38.5 Å². The maximum Gasteiger partial charge on any atom is 0.122 e. The van der Waals surface area contributed by atoms with E-state index in [0.717, 1.165) is 24.2 Å². The van der Waals surface area contributed by atoms with Gasteiger partial charge in [-0.1, -0.05) is 51.5 Å². The van der Waals surface area contributed by atoms with Crippen LogP contribution in [0.3, 0.4) is 0 Å². The molecule has 1 rings (SSSR count). The predicted molar refractivity (Wildman–Crippen MR) is 76.4 cm³/mol. The Hall–Kier alpha value is -1.18. The van der Waals surface area contributed by atoms with Crippen molar-refractivity contribution in [1.82, 2.24) is 0 Å². The van der Waals surface area contributed by atoms with Gasteiger partial charge in [0.15, 0.2) is 0 Å². The molecule has 0 aliphatic rings. The average Bonchev–Trinajstić information content (AvgIpc) is 2.39. The lowest BCUT2D eigenvalue weighted by atomic mass is 10.0. The van der Waals surface area contributed by atoms with Crippen molar-refractivity contribution in [1.29, 1.82) is 0 Å². The number of unbranched alkanes of at least 4 members (excludes halogenated alkanes) is 6. The van der Waals surface area contributed by atoms with Crippen molar-refractivity contribution in [2.24, 2.45) is 0 Å². The molecule has 0 unspecified atom stereocenters.